The van der Waals surface area contributed by atoms with Crippen molar-refractivity contribution in [3.05, 3.63) is 58.3 Å². The van der Waals surface area contributed by atoms with Gasteiger partial charge in [0.25, 0.3) is 0 Å². The molecule has 0 spiro atoms. The first-order valence-corrected chi connectivity index (χ1v) is 6.88. The van der Waals surface area contributed by atoms with Gasteiger partial charge in [0.15, 0.2) is 0 Å². The zero-order chi connectivity index (χ0) is 16.9. The van der Waals surface area contributed by atoms with E-state index in [0.29, 0.717) is 0 Å². The summed E-state index contributed by atoms with van der Waals surface area (Å²) in [5.41, 5.74) is 5.69. The second kappa shape index (κ2) is 7.45. The lowest BCUT2D eigenvalue weighted by Crippen LogP contribution is -2.26. The Hall–Kier alpha value is -2.56. The Balaban J connectivity index is 0.000000224. The zero-order valence-corrected chi connectivity index (χ0v) is 13.3. The van der Waals surface area contributed by atoms with Crippen LogP contribution in [0.4, 0.5) is 4.79 Å². The number of carboxylic acid groups (broad SMARTS) is 2. The monoisotopic (exact) mass is 303 g/mol. The summed E-state index contributed by atoms with van der Waals surface area (Å²) in [6.07, 6.45) is 2.73. The smallest absolute Gasteiger partial charge is 0.411 e. The van der Waals surface area contributed by atoms with Crippen molar-refractivity contribution in [3.63, 3.8) is 0 Å². The Bertz CT molecular complexity index is 594. The normalized spacial score (nSPS) is 13.1. The van der Waals surface area contributed by atoms with Gasteiger partial charge in [-0.15, -0.1) is 0 Å². The fourth-order valence-electron chi connectivity index (χ4n) is 1.90. The third-order valence-electron chi connectivity index (χ3n) is 3.54. The molecule has 0 aliphatic carbocycles. The molecule has 0 radical (unpaired) electrons. The van der Waals surface area contributed by atoms with Crippen LogP contribution in [0.2, 0.25) is 0 Å². The number of benzene rings is 1. The zero-order valence-electron chi connectivity index (χ0n) is 13.3. The lowest BCUT2D eigenvalue weighted by Gasteiger charge is -2.15. The molecular formula is C17H21NO4. The van der Waals surface area contributed by atoms with Gasteiger partial charge in [0.05, 0.1) is 5.57 Å². The topological polar surface area (TPSA) is 77.8 Å². The van der Waals surface area contributed by atoms with Gasteiger partial charge >= 0.3 is 12.1 Å². The molecule has 2 N–H and O–H groups in total. The Morgan fingerprint density at radius 3 is 1.68 bits per heavy atom. The highest BCUT2D eigenvalue weighted by Gasteiger charge is 2.13. The summed E-state index contributed by atoms with van der Waals surface area (Å²) in [5, 5.41) is 16.9. The van der Waals surface area contributed by atoms with E-state index in [2.05, 4.69) is 39.8 Å². The minimum absolute atomic E-state index is 0.0907. The van der Waals surface area contributed by atoms with Gasteiger partial charge in [0, 0.05) is 12.7 Å². The van der Waals surface area contributed by atoms with E-state index in [9.17, 15) is 9.59 Å². The number of aliphatic carboxylic acids is 1. The predicted molar refractivity (Wildman–Crippen MR) is 85.0 cm³/mol. The molecule has 1 aromatic carbocycles. The number of rotatable bonds is 1. The van der Waals surface area contributed by atoms with Crippen LogP contribution in [0.1, 0.15) is 22.3 Å². The quantitative estimate of drug-likeness (QED) is 0.833. The lowest BCUT2D eigenvalue weighted by atomic mass is 10.0. The molecule has 1 heterocycles. The van der Waals surface area contributed by atoms with Crippen LogP contribution in [0.3, 0.4) is 0 Å². The maximum atomic E-state index is 10.3. The molecule has 5 nitrogen and oxygen atoms in total. The summed E-state index contributed by atoms with van der Waals surface area (Å²) in [4.78, 5) is 21.7. The number of carboxylic acids is 1. The summed E-state index contributed by atoms with van der Waals surface area (Å²) < 4.78 is 0. The van der Waals surface area contributed by atoms with Gasteiger partial charge in [0.1, 0.15) is 0 Å². The van der Waals surface area contributed by atoms with E-state index in [0.717, 1.165) is 4.90 Å². The number of aryl methyl sites for hydroxylation is 4. The fraction of sp³-hybridized carbons (Fsp3) is 0.294. The van der Waals surface area contributed by atoms with Crippen LogP contribution in [0, 0.1) is 27.7 Å². The molecular weight excluding hydrogens is 282 g/mol. The first-order valence-electron chi connectivity index (χ1n) is 6.88. The van der Waals surface area contributed by atoms with Crippen molar-refractivity contribution in [1.82, 2.24) is 4.90 Å². The molecule has 0 atom stereocenters. The van der Waals surface area contributed by atoms with Gasteiger partial charge < -0.3 is 10.2 Å². The number of nitrogens with zero attached hydrogens (tertiary/aromatic N) is 1. The Kier molecular flexibility index (Phi) is 5.92. The van der Waals surface area contributed by atoms with E-state index in [4.69, 9.17) is 10.2 Å². The average molecular weight is 303 g/mol. The van der Waals surface area contributed by atoms with Crippen molar-refractivity contribution < 1.29 is 19.8 Å². The first-order chi connectivity index (χ1) is 10.2. The van der Waals surface area contributed by atoms with Crippen molar-refractivity contribution in [2.75, 3.05) is 6.54 Å². The average Bonchev–Trinajstić information content (AvgIpc) is 2.46. The second-order valence-corrected chi connectivity index (χ2v) is 5.24. The molecule has 0 saturated heterocycles. The van der Waals surface area contributed by atoms with Crippen LogP contribution < -0.4 is 0 Å². The lowest BCUT2D eigenvalue weighted by molar-refractivity contribution is -0.132. The number of hydrogen-bond acceptors (Lipinski definition) is 2. The molecule has 1 aliphatic rings. The van der Waals surface area contributed by atoms with Gasteiger partial charge in [-0.05, 0) is 56.0 Å². The minimum atomic E-state index is -1.09. The molecule has 0 bridgehead atoms. The molecule has 22 heavy (non-hydrogen) atoms. The molecule has 1 aliphatic heterocycles. The van der Waals surface area contributed by atoms with E-state index in [-0.39, 0.29) is 12.1 Å². The standard InChI is InChI=1S/C10H14.C7H7NO4/c1-7-5-9(3)10(4)6-8(7)2;9-6(10)5-1-3-8(4-2-5)7(11)12/h5-6H,1-4H3;1-3H,4H2,(H,9,10)(H,11,12). The van der Waals surface area contributed by atoms with Crippen molar-refractivity contribution in [1.29, 1.82) is 0 Å². The highest BCUT2D eigenvalue weighted by molar-refractivity contribution is 5.90. The molecule has 0 unspecified atom stereocenters. The maximum Gasteiger partial charge on any atom is 0.411 e. The highest BCUT2D eigenvalue weighted by atomic mass is 16.4. The Morgan fingerprint density at radius 2 is 1.41 bits per heavy atom. The second-order valence-electron chi connectivity index (χ2n) is 5.24. The summed E-state index contributed by atoms with van der Waals surface area (Å²) in [6, 6.07) is 4.48. The van der Waals surface area contributed by atoms with E-state index < -0.39 is 12.1 Å². The van der Waals surface area contributed by atoms with Crippen LogP contribution in [0.15, 0.2) is 36.1 Å². The van der Waals surface area contributed by atoms with Crippen LogP contribution in [0.25, 0.3) is 0 Å². The predicted octanol–water partition coefficient (Wildman–Crippen LogP) is 3.42. The summed E-state index contributed by atoms with van der Waals surface area (Å²) in [6.45, 7) is 8.71. The molecule has 1 aromatic rings. The largest absolute Gasteiger partial charge is 0.478 e. The highest BCUT2D eigenvalue weighted by Crippen LogP contribution is 2.13. The van der Waals surface area contributed by atoms with E-state index in [1.54, 1.807) is 0 Å². The van der Waals surface area contributed by atoms with Gasteiger partial charge in [-0.25, -0.2) is 9.59 Å². The van der Waals surface area contributed by atoms with Crippen LogP contribution in [0.5, 0.6) is 0 Å². The number of hydrogen-bond donors (Lipinski definition) is 2. The Morgan fingerprint density at radius 1 is 0.955 bits per heavy atom. The summed E-state index contributed by atoms with van der Waals surface area (Å²) in [7, 11) is 0. The molecule has 0 aromatic heterocycles. The van der Waals surface area contributed by atoms with Crippen molar-refractivity contribution in [3.8, 4) is 0 Å². The van der Waals surface area contributed by atoms with Crippen LogP contribution >= 0.6 is 0 Å². The van der Waals surface area contributed by atoms with Gasteiger partial charge in [-0.1, -0.05) is 18.2 Å². The third kappa shape index (κ3) is 4.77. The molecule has 5 heteroatoms. The van der Waals surface area contributed by atoms with Gasteiger partial charge in [0.2, 0.25) is 0 Å². The van der Waals surface area contributed by atoms with Crippen molar-refractivity contribution >= 4 is 12.1 Å². The van der Waals surface area contributed by atoms with Gasteiger partial charge in [-0.3, -0.25) is 4.90 Å². The number of amides is 1. The van der Waals surface area contributed by atoms with Crippen molar-refractivity contribution in [2.45, 2.75) is 27.7 Å². The van der Waals surface area contributed by atoms with Crippen molar-refractivity contribution in [2.24, 2.45) is 0 Å². The maximum absolute atomic E-state index is 10.3. The fourth-order valence-corrected chi connectivity index (χ4v) is 1.90. The molecule has 0 saturated carbocycles. The first kappa shape index (κ1) is 17.5. The van der Waals surface area contributed by atoms with Crippen LogP contribution in [-0.4, -0.2) is 33.7 Å². The van der Waals surface area contributed by atoms with E-state index in [1.165, 1.54) is 40.6 Å². The minimum Gasteiger partial charge on any atom is -0.478 e. The van der Waals surface area contributed by atoms with Crippen LogP contribution in [-0.2, 0) is 4.79 Å². The third-order valence-corrected chi connectivity index (χ3v) is 3.54. The van der Waals surface area contributed by atoms with E-state index >= 15 is 0 Å². The van der Waals surface area contributed by atoms with E-state index in [1.807, 2.05) is 0 Å². The molecule has 2 rings (SSSR count). The number of carbonyl (C=O) groups is 2. The summed E-state index contributed by atoms with van der Waals surface area (Å²) in [5.74, 6) is -1.05. The van der Waals surface area contributed by atoms with Gasteiger partial charge in [-0.2, -0.15) is 0 Å². The summed E-state index contributed by atoms with van der Waals surface area (Å²) >= 11 is 0. The Labute approximate surface area is 130 Å². The molecule has 0 fully saturated rings. The SMILES string of the molecule is Cc1cc(C)c(C)cc1C.O=C(O)C1=CCN(C(=O)O)C=C1. The molecule has 118 valence electrons. The molecule has 1 amide bonds.